The molecule has 0 atom stereocenters. The van der Waals surface area contributed by atoms with Gasteiger partial charge >= 0.3 is 0 Å². The minimum absolute atomic E-state index is 0.232. The normalized spacial score (nSPS) is 11.5. The third kappa shape index (κ3) is 3.67. The molecular weight excluding hydrogens is 392 g/mol. The molecule has 7 heteroatoms. The molecule has 0 unspecified atom stereocenters. The SMILES string of the molecule is CS(=O)(=O)c1ccc2nc(NC(=O)c3ccccc3-c3ccccc3)sc2c1. The van der Waals surface area contributed by atoms with E-state index in [0.717, 1.165) is 11.1 Å². The van der Waals surface area contributed by atoms with Crippen LogP contribution in [0.4, 0.5) is 5.13 Å². The summed E-state index contributed by atoms with van der Waals surface area (Å²) >= 11 is 1.24. The van der Waals surface area contributed by atoms with E-state index in [1.165, 1.54) is 23.7 Å². The maximum atomic E-state index is 12.9. The van der Waals surface area contributed by atoms with Gasteiger partial charge in [-0.1, -0.05) is 59.9 Å². The lowest BCUT2D eigenvalue weighted by molar-refractivity contribution is 0.102. The molecule has 0 aliphatic carbocycles. The molecule has 140 valence electrons. The van der Waals surface area contributed by atoms with E-state index < -0.39 is 9.84 Å². The molecule has 0 saturated carbocycles. The Morgan fingerprint density at radius 2 is 1.68 bits per heavy atom. The number of nitrogens with one attached hydrogen (secondary N) is 1. The highest BCUT2D eigenvalue weighted by Crippen LogP contribution is 2.29. The Morgan fingerprint density at radius 3 is 2.43 bits per heavy atom. The van der Waals surface area contributed by atoms with Gasteiger partial charge in [0.15, 0.2) is 15.0 Å². The van der Waals surface area contributed by atoms with Gasteiger partial charge in [-0.15, -0.1) is 0 Å². The van der Waals surface area contributed by atoms with Crippen molar-refractivity contribution in [3.05, 3.63) is 78.4 Å². The molecule has 4 rings (SSSR count). The summed E-state index contributed by atoms with van der Waals surface area (Å²) in [6.45, 7) is 0. The molecular formula is C21H16N2O3S2. The summed E-state index contributed by atoms with van der Waals surface area (Å²) in [5.41, 5.74) is 2.98. The number of hydrogen-bond acceptors (Lipinski definition) is 5. The minimum Gasteiger partial charge on any atom is -0.298 e. The third-order valence-electron chi connectivity index (χ3n) is 4.27. The van der Waals surface area contributed by atoms with Crippen LogP contribution in [0.5, 0.6) is 0 Å². The number of carbonyl (C=O) groups is 1. The van der Waals surface area contributed by atoms with E-state index in [1.54, 1.807) is 18.2 Å². The largest absolute Gasteiger partial charge is 0.298 e. The number of hydrogen-bond donors (Lipinski definition) is 1. The first kappa shape index (κ1) is 18.3. The molecule has 1 N–H and O–H groups in total. The Balaban J connectivity index is 1.66. The van der Waals surface area contributed by atoms with Crippen molar-refractivity contribution in [1.82, 2.24) is 4.98 Å². The van der Waals surface area contributed by atoms with Crippen LogP contribution in [0.1, 0.15) is 10.4 Å². The van der Waals surface area contributed by atoms with Crippen LogP contribution in [0.2, 0.25) is 0 Å². The molecule has 3 aromatic carbocycles. The average Bonchev–Trinajstić information content (AvgIpc) is 3.09. The van der Waals surface area contributed by atoms with Crippen LogP contribution >= 0.6 is 11.3 Å². The van der Waals surface area contributed by atoms with Gasteiger partial charge in [-0.25, -0.2) is 13.4 Å². The summed E-state index contributed by atoms with van der Waals surface area (Å²) in [5.74, 6) is -0.262. The summed E-state index contributed by atoms with van der Waals surface area (Å²) in [5, 5.41) is 3.26. The number of anilines is 1. The van der Waals surface area contributed by atoms with Crippen LogP contribution in [0.3, 0.4) is 0 Å². The fraction of sp³-hybridized carbons (Fsp3) is 0.0476. The van der Waals surface area contributed by atoms with Crippen LogP contribution in [0.15, 0.2) is 77.7 Å². The second kappa shape index (κ2) is 7.18. The number of fused-ring (bicyclic) bond motifs is 1. The molecule has 0 saturated heterocycles. The van der Waals surface area contributed by atoms with Gasteiger partial charge < -0.3 is 0 Å². The van der Waals surface area contributed by atoms with Crippen LogP contribution < -0.4 is 5.32 Å². The first-order valence-corrected chi connectivity index (χ1v) is 11.2. The highest BCUT2D eigenvalue weighted by Gasteiger charge is 2.15. The van der Waals surface area contributed by atoms with E-state index in [4.69, 9.17) is 0 Å². The number of sulfone groups is 1. The van der Waals surface area contributed by atoms with E-state index in [0.29, 0.717) is 20.9 Å². The van der Waals surface area contributed by atoms with Crippen LogP contribution in [0.25, 0.3) is 21.3 Å². The fourth-order valence-corrected chi connectivity index (χ4v) is 4.53. The Morgan fingerprint density at radius 1 is 0.964 bits per heavy atom. The molecule has 1 amide bonds. The average molecular weight is 409 g/mol. The molecule has 0 bridgehead atoms. The maximum absolute atomic E-state index is 12.9. The molecule has 0 radical (unpaired) electrons. The summed E-state index contributed by atoms with van der Waals surface area (Å²) in [7, 11) is -3.30. The first-order valence-electron chi connectivity index (χ1n) is 8.48. The number of benzene rings is 3. The maximum Gasteiger partial charge on any atom is 0.258 e. The number of thiazole rings is 1. The topological polar surface area (TPSA) is 76.1 Å². The zero-order valence-electron chi connectivity index (χ0n) is 14.9. The molecule has 0 aliphatic heterocycles. The lowest BCUT2D eigenvalue weighted by Gasteiger charge is -2.09. The zero-order valence-corrected chi connectivity index (χ0v) is 16.5. The predicted molar refractivity (Wildman–Crippen MR) is 113 cm³/mol. The Bertz CT molecular complexity index is 1280. The fourth-order valence-electron chi connectivity index (χ4n) is 2.90. The van der Waals surface area contributed by atoms with Crippen LogP contribution in [-0.4, -0.2) is 25.6 Å². The van der Waals surface area contributed by atoms with Gasteiger partial charge in [0, 0.05) is 11.8 Å². The van der Waals surface area contributed by atoms with Crippen molar-refractivity contribution in [2.75, 3.05) is 11.6 Å². The van der Waals surface area contributed by atoms with Gasteiger partial charge in [0.05, 0.1) is 15.1 Å². The van der Waals surface area contributed by atoms with E-state index in [1.807, 2.05) is 48.5 Å². The molecule has 28 heavy (non-hydrogen) atoms. The van der Waals surface area contributed by atoms with Crippen molar-refractivity contribution in [1.29, 1.82) is 0 Å². The van der Waals surface area contributed by atoms with Crippen molar-refractivity contribution in [3.8, 4) is 11.1 Å². The second-order valence-corrected chi connectivity index (χ2v) is 9.33. The second-order valence-electron chi connectivity index (χ2n) is 6.29. The smallest absolute Gasteiger partial charge is 0.258 e. The van der Waals surface area contributed by atoms with Crippen molar-refractivity contribution in [2.24, 2.45) is 0 Å². The van der Waals surface area contributed by atoms with Gasteiger partial charge in [0.25, 0.3) is 5.91 Å². The number of nitrogens with zero attached hydrogens (tertiary/aromatic N) is 1. The van der Waals surface area contributed by atoms with Gasteiger partial charge in [0.1, 0.15) is 0 Å². The van der Waals surface area contributed by atoms with E-state index in [-0.39, 0.29) is 10.8 Å². The summed E-state index contributed by atoms with van der Waals surface area (Å²) in [4.78, 5) is 17.5. The molecule has 5 nitrogen and oxygen atoms in total. The first-order chi connectivity index (χ1) is 13.4. The van der Waals surface area contributed by atoms with Crippen molar-refractivity contribution in [3.63, 3.8) is 0 Å². The molecule has 0 fully saturated rings. The third-order valence-corrected chi connectivity index (χ3v) is 6.31. The van der Waals surface area contributed by atoms with Gasteiger partial charge in [0.2, 0.25) is 0 Å². The lowest BCUT2D eigenvalue weighted by atomic mass is 9.99. The summed E-state index contributed by atoms with van der Waals surface area (Å²) in [6.07, 6.45) is 1.17. The van der Waals surface area contributed by atoms with Crippen molar-refractivity contribution < 1.29 is 13.2 Å². The Labute approximate surface area is 166 Å². The van der Waals surface area contributed by atoms with Gasteiger partial charge in [-0.2, -0.15) is 0 Å². The van der Waals surface area contributed by atoms with E-state index in [2.05, 4.69) is 10.3 Å². The summed E-state index contributed by atoms with van der Waals surface area (Å²) in [6, 6.07) is 21.8. The standard InChI is InChI=1S/C21H16N2O3S2/c1-28(25,26)15-11-12-18-19(13-15)27-21(22-18)23-20(24)17-10-6-5-9-16(17)14-7-3-2-4-8-14/h2-13H,1H3,(H,22,23,24). The molecule has 0 spiro atoms. The number of carbonyl (C=O) groups excluding carboxylic acids is 1. The number of aromatic nitrogens is 1. The van der Waals surface area contributed by atoms with Crippen LogP contribution in [0, 0.1) is 0 Å². The lowest BCUT2D eigenvalue weighted by Crippen LogP contribution is -2.12. The number of amides is 1. The minimum atomic E-state index is -3.30. The molecule has 4 aromatic rings. The van der Waals surface area contributed by atoms with Crippen molar-refractivity contribution >= 4 is 42.4 Å². The van der Waals surface area contributed by atoms with Gasteiger partial charge in [-0.05, 0) is 35.4 Å². The predicted octanol–water partition coefficient (Wildman–Crippen LogP) is 4.62. The zero-order chi connectivity index (χ0) is 19.7. The Hall–Kier alpha value is -3.03. The van der Waals surface area contributed by atoms with E-state index >= 15 is 0 Å². The van der Waals surface area contributed by atoms with E-state index in [9.17, 15) is 13.2 Å². The van der Waals surface area contributed by atoms with Crippen molar-refractivity contribution in [2.45, 2.75) is 4.90 Å². The quantitative estimate of drug-likeness (QED) is 0.535. The van der Waals surface area contributed by atoms with Gasteiger partial charge in [-0.3, -0.25) is 10.1 Å². The number of rotatable bonds is 4. The Kier molecular flexibility index (Phi) is 4.70. The highest BCUT2D eigenvalue weighted by molar-refractivity contribution is 7.90. The highest BCUT2D eigenvalue weighted by atomic mass is 32.2. The molecule has 1 heterocycles. The van der Waals surface area contributed by atoms with Crippen LogP contribution in [-0.2, 0) is 9.84 Å². The monoisotopic (exact) mass is 408 g/mol. The molecule has 1 aromatic heterocycles. The molecule has 0 aliphatic rings. The summed E-state index contributed by atoms with van der Waals surface area (Å²) < 4.78 is 24.2.